The van der Waals surface area contributed by atoms with E-state index in [4.69, 9.17) is 22.1 Å². The first-order valence-corrected chi connectivity index (χ1v) is 8.64. The Morgan fingerprint density at radius 1 is 1.33 bits per heavy atom. The normalized spacial score (nSPS) is 14.6. The number of nitrogens with one attached hydrogen (secondary N) is 1. The lowest BCUT2D eigenvalue weighted by molar-refractivity contribution is 0.0951. The van der Waals surface area contributed by atoms with E-state index < -0.39 is 0 Å². The topological polar surface area (TPSA) is 67.6 Å². The first kappa shape index (κ1) is 23.2. The summed E-state index contributed by atoms with van der Waals surface area (Å²) in [5, 5.41) is 3.28. The van der Waals surface area contributed by atoms with Crippen molar-refractivity contribution in [1.82, 2.24) is 5.32 Å². The number of fused-ring (bicyclic) bond motifs is 1. The number of anilines is 2. The molecule has 0 saturated carbocycles. The Hall–Kier alpha value is -1.82. The van der Waals surface area contributed by atoms with E-state index in [1.807, 2.05) is 6.07 Å². The number of methoxy groups -OCH3 is 1. The highest BCUT2D eigenvalue weighted by molar-refractivity contribution is 6.33. The zero-order chi connectivity index (χ0) is 18.0. The number of amides is 1. The van der Waals surface area contributed by atoms with Gasteiger partial charge in [-0.1, -0.05) is 29.8 Å². The molecule has 0 aromatic heterocycles. The highest BCUT2D eigenvalue weighted by Gasteiger charge is 2.25. The Balaban J connectivity index is 0.00000182. The summed E-state index contributed by atoms with van der Waals surface area (Å²) in [5.74, 6) is 0.193. The third kappa shape index (κ3) is 4.92. The second-order valence-electron chi connectivity index (χ2n) is 6.21. The molecule has 1 amide bonds. The molecule has 0 fully saturated rings. The van der Waals surface area contributed by atoms with E-state index in [0.29, 0.717) is 34.6 Å². The standard InChI is InChI=1S/C19H22ClN3O2.2ClH/c1-12-9-13-5-3-4-6-17(13)23(12)8-7-22-19(24)14-10-15(20)16(21)11-18(14)25-2;;/h3-6,10-12H,7-9,21H2,1-2H3,(H,22,24);2*1H. The molecule has 1 aliphatic rings. The van der Waals surface area contributed by atoms with E-state index in [9.17, 15) is 4.79 Å². The fraction of sp³-hybridized carbons (Fsp3) is 0.316. The van der Waals surface area contributed by atoms with Crippen LogP contribution in [0.25, 0.3) is 0 Å². The lowest BCUT2D eigenvalue weighted by Gasteiger charge is -2.25. The van der Waals surface area contributed by atoms with Crippen molar-refractivity contribution in [1.29, 1.82) is 0 Å². The number of hydrogen-bond acceptors (Lipinski definition) is 4. The maximum absolute atomic E-state index is 12.5. The largest absolute Gasteiger partial charge is 0.496 e. The van der Waals surface area contributed by atoms with Crippen LogP contribution in [0.15, 0.2) is 36.4 Å². The lowest BCUT2D eigenvalue weighted by atomic mass is 10.1. The summed E-state index contributed by atoms with van der Waals surface area (Å²) in [5.41, 5.74) is 9.13. The number of ether oxygens (including phenoxy) is 1. The third-order valence-corrected chi connectivity index (χ3v) is 4.88. The molecular formula is C19H24Cl3N3O2. The van der Waals surface area contributed by atoms with Gasteiger partial charge in [-0.15, -0.1) is 24.8 Å². The van der Waals surface area contributed by atoms with Crippen molar-refractivity contribution in [3.8, 4) is 5.75 Å². The van der Waals surface area contributed by atoms with Crippen LogP contribution < -0.4 is 20.7 Å². The summed E-state index contributed by atoms with van der Waals surface area (Å²) in [4.78, 5) is 14.8. The SMILES string of the molecule is COc1cc(N)c(Cl)cc1C(=O)NCCN1c2ccccc2CC1C.Cl.Cl. The quantitative estimate of drug-likeness (QED) is 0.702. The van der Waals surface area contributed by atoms with Gasteiger partial charge in [-0.2, -0.15) is 0 Å². The summed E-state index contributed by atoms with van der Waals surface area (Å²) < 4.78 is 5.24. The Bertz CT molecular complexity index is 802. The molecule has 3 N–H and O–H groups in total. The van der Waals surface area contributed by atoms with Crippen LogP contribution in [0.1, 0.15) is 22.8 Å². The van der Waals surface area contributed by atoms with Gasteiger partial charge in [-0.05, 0) is 31.0 Å². The minimum atomic E-state index is -0.223. The number of nitrogens with two attached hydrogens (primary N) is 1. The smallest absolute Gasteiger partial charge is 0.255 e. The summed E-state index contributed by atoms with van der Waals surface area (Å²) in [7, 11) is 1.50. The van der Waals surface area contributed by atoms with Crippen molar-refractivity contribution >= 4 is 53.7 Å². The van der Waals surface area contributed by atoms with Gasteiger partial charge in [0.2, 0.25) is 0 Å². The number of carbonyl (C=O) groups is 1. The Morgan fingerprint density at radius 3 is 2.74 bits per heavy atom. The molecule has 1 atom stereocenters. The predicted octanol–water partition coefficient (Wildman–Crippen LogP) is 3.96. The zero-order valence-electron chi connectivity index (χ0n) is 15.2. The van der Waals surface area contributed by atoms with Crippen LogP contribution in [0.2, 0.25) is 5.02 Å². The van der Waals surface area contributed by atoms with Crippen molar-refractivity contribution in [3.63, 3.8) is 0 Å². The maximum Gasteiger partial charge on any atom is 0.255 e. The zero-order valence-corrected chi connectivity index (χ0v) is 17.6. The number of para-hydroxylation sites is 1. The second-order valence-corrected chi connectivity index (χ2v) is 6.61. The van der Waals surface area contributed by atoms with Crippen LogP contribution in [0.3, 0.4) is 0 Å². The van der Waals surface area contributed by atoms with E-state index >= 15 is 0 Å². The molecule has 148 valence electrons. The summed E-state index contributed by atoms with van der Waals surface area (Å²) in [6.45, 7) is 3.47. The maximum atomic E-state index is 12.5. The van der Waals surface area contributed by atoms with Crippen LogP contribution in [-0.4, -0.2) is 32.1 Å². The molecule has 0 aliphatic carbocycles. The van der Waals surface area contributed by atoms with Crippen molar-refractivity contribution in [3.05, 3.63) is 52.5 Å². The third-order valence-electron chi connectivity index (χ3n) is 4.55. The van der Waals surface area contributed by atoms with E-state index in [0.717, 1.165) is 13.0 Å². The molecule has 0 bridgehead atoms. The van der Waals surface area contributed by atoms with Crippen LogP contribution in [0.4, 0.5) is 11.4 Å². The van der Waals surface area contributed by atoms with Gasteiger partial charge in [0, 0.05) is 30.9 Å². The van der Waals surface area contributed by atoms with Crippen molar-refractivity contribution in [2.75, 3.05) is 30.8 Å². The van der Waals surface area contributed by atoms with E-state index in [1.165, 1.54) is 18.4 Å². The van der Waals surface area contributed by atoms with Gasteiger partial charge >= 0.3 is 0 Å². The first-order chi connectivity index (χ1) is 12.0. The highest BCUT2D eigenvalue weighted by atomic mass is 35.5. The molecule has 0 radical (unpaired) electrons. The molecular weight excluding hydrogens is 409 g/mol. The molecule has 0 saturated heterocycles. The fourth-order valence-corrected chi connectivity index (χ4v) is 3.43. The Labute approximate surface area is 177 Å². The Morgan fingerprint density at radius 2 is 2.04 bits per heavy atom. The van der Waals surface area contributed by atoms with E-state index in [1.54, 1.807) is 12.1 Å². The molecule has 2 aromatic rings. The number of benzene rings is 2. The van der Waals surface area contributed by atoms with E-state index in [-0.39, 0.29) is 30.7 Å². The van der Waals surface area contributed by atoms with Crippen molar-refractivity contribution < 1.29 is 9.53 Å². The monoisotopic (exact) mass is 431 g/mol. The van der Waals surface area contributed by atoms with Gasteiger partial charge in [-0.25, -0.2) is 0 Å². The minimum Gasteiger partial charge on any atom is -0.496 e. The summed E-state index contributed by atoms with van der Waals surface area (Å²) in [6, 6.07) is 11.9. The molecule has 1 heterocycles. The van der Waals surface area contributed by atoms with Gasteiger partial charge in [0.25, 0.3) is 5.91 Å². The average molecular weight is 433 g/mol. The van der Waals surface area contributed by atoms with Crippen LogP contribution in [-0.2, 0) is 6.42 Å². The van der Waals surface area contributed by atoms with Gasteiger partial charge in [0.05, 0.1) is 23.4 Å². The van der Waals surface area contributed by atoms with Gasteiger partial charge in [0.1, 0.15) is 5.75 Å². The predicted molar refractivity (Wildman–Crippen MR) is 116 cm³/mol. The number of halogens is 3. The molecule has 0 spiro atoms. The molecule has 1 unspecified atom stereocenters. The molecule has 8 heteroatoms. The number of hydrogen-bond donors (Lipinski definition) is 2. The fourth-order valence-electron chi connectivity index (χ4n) is 3.27. The molecule has 1 aliphatic heterocycles. The van der Waals surface area contributed by atoms with Crippen molar-refractivity contribution in [2.24, 2.45) is 0 Å². The molecule has 2 aromatic carbocycles. The van der Waals surface area contributed by atoms with Crippen LogP contribution in [0.5, 0.6) is 5.75 Å². The molecule has 5 nitrogen and oxygen atoms in total. The summed E-state index contributed by atoms with van der Waals surface area (Å²) in [6.07, 6.45) is 1.03. The van der Waals surface area contributed by atoms with Gasteiger partial charge < -0.3 is 20.7 Å². The van der Waals surface area contributed by atoms with Crippen LogP contribution in [0, 0.1) is 0 Å². The highest BCUT2D eigenvalue weighted by Crippen LogP contribution is 2.31. The van der Waals surface area contributed by atoms with Gasteiger partial charge in [-0.3, -0.25) is 4.79 Å². The number of nitrogens with zero attached hydrogens (tertiary/aromatic N) is 1. The minimum absolute atomic E-state index is 0. The number of rotatable bonds is 5. The van der Waals surface area contributed by atoms with E-state index in [2.05, 4.69) is 35.3 Å². The van der Waals surface area contributed by atoms with Crippen LogP contribution >= 0.6 is 36.4 Å². The summed E-state index contributed by atoms with van der Waals surface area (Å²) >= 11 is 6.03. The Kier molecular flexibility index (Phi) is 8.54. The first-order valence-electron chi connectivity index (χ1n) is 8.27. The second kappa shape index (κ2) is 9.93. The van der Waals surface area contributed by atoms with Crippen molar-refractivity contribution in [2.45, 2.75) is 19.4 Å². The number of nitrogen functional groups attached to an aromatic ring is 1. The lowest BCUT2D eigenvalue weighted by Crippen LogP contribution is -2.38. The molecule has 3 rings (SSSR count). The molecule has 27 heavy (non-hydrogen) atoms. The number of carbonyl (C=O) groups excluding carboxylic acids is 1. The van der Waals surface area contributed by atoms with Gasteiger partial charge in [0.15, 0.2) is 0 Å². The average Bonchev–Trinajstić information content (AvgIpc) is 2.92.